The number of esters is 1. The largest absolute Gasteiger partial charge is 0.489 e. The van der Waals surface area contributed by atoms with Crippen LogP contribution >= 0.6 is 0 Å². The Bertz CT molecular complexity index is 966. The summed E-state index contributed by atoms with van der Waals surface area (Å²) < 4.78 is 54.7. The molecule has 0 unspecified atom stereocenters. The predicted octanol–water partition coefficient (Wildman–Crippen LogP) is 5.12. The second kappa shape index (κ2) is 8.16. The number of aromatic nitrogens is 1. The van der Waals surface area contributed by atoms with Crippen LogP contribution in [-0.4, -0.2) is 17.7 Å². The third kappa shape index (κ3) is 4.51. The maximum atomic E-state index is 13.1. The smallest absolute Gasteiger partial charge is 0.416 e. The number of hydrogen-bond acceptors (Lipinski definition) is 5. The van der Waals surface area contributed by atoms with E-state index in [9.17, 15) is 18.0 Å². The second-order valence-corrected chi connectivity index (χ2v) is 5.77. The molecule has 0 N–H and O–H groups in total. The fraction of sp³-hybridized carbons (Fsp3) is 0.200. The Balaban J connectivity index is 1.76. The van der Waals surface area contributed by atoms with Gasteiger partial charge in [0, 0.05) is 17.2 Å². The zero-order valence-corrected chi connectivity index (χ0v) is 14.8. The molecule has 0 radical (unpaired) electrons. The number of benzene rings is 2. The van der Waals surface area contributed by atoms with Crippen LogP contribution in [0.5, 0.6) is 5.75 Å². The van der Waals surface area contributed by atoms with E-state index in [0.717, 1.165) is 6.07 Å². The summed E-state index contributed by atoms with van der Waals surface area (Å²) in [4.78, 5) is 11.7. The van der Waals surface area contributed by atoms with Gasteiger partial charge in [0.2, 0.25) is 0 Å². The number of ether oxygens (including phenoxy) is 2. The molecule has 1 heterocycles. The minimum atomic E-state index is -4.45. The Morgan fingerprint density at radius 3 is 2.64 bits per heavy atom. The molecule has 0 amide bonds. The van der Waals surface area contributed by atoms with Crippen molar-refractivity contribution in [3.8, 4) is 17.1 Å². The molecule has 0 saturated heterocycles. The van der Waals surface area contributed by atoms with E-state index < -0.39 is 17.7 Å². The van der Waals surface area contributed by atoms with E-state index in [4.69, 9.17) is 14.0 Å². The second-order valence-electron chi connectivity index (χ2n) is 5.77. The number of alkyl halides is 3. The Labute approximate surface area is 158 Å². The topological polar surface area (TPSA) is 61.6 Å². The standard InChI is InChI=1S/C20H16F3NO4/c1-2-26-19(25)17-11-18(28-24-17)13-7-5-8-15(10-13)27-12-14-6-3-4-9-16(14)20(21,22)23/h3-11H,2,12H2,1H3. The quantitative estimate of drug-likeness (QED) is 0.546. The van der Waals surface area contributed by atoms with Gasteiger partial charge >= 0.3 is 12.1 Å². The number of carbonyl (C=O) groups excluding carboxylic acids is 1. The van der Waals surface area contributed by atoms with Crippen molar-refractivity contribution in [1.29, 1.82) is 0 Å². The lowest BCUT2D eigenvalue weighted by Crippen LogP contribution is -2.10. The summed E-state index contributed by atoms with van der Waals surface area (Å²) in [7, 11) is 0. The highest BCUT2D eigenvalue weighted by molar-refractivity contribution is 5.88. The van der Waals surface area contributed by atoms with E-state index in [2.05, 4.69) is 5.16 Å². The van der Waals surface area contributed by atoms with Crippen LogP contribution in [-0.2, 0) is 17.5 Å². The van der Waals surface area contributed by atoms with E-state index in [1.54, 1.807) is 31.2 Å². The van der Waals surface area contributed by atoms with Crippen LogP contribution in [0.15, 0.2) is 59.1 Å². The van der Waals surface area contributed by atoms with Crippen LogP contribution in [0.2, 0.25) is 0 Å². The number of hydrogen-bond donors (Lipinski definition) is 0. The molecule has 8 heteroatoms. The number of nitrogens with zero attached hydrogens (tertiary/aromatic N) is 1. The van der Waals surface area contributed by atoms with Gasteiger partial charge in [-0.15, -0.1) is 0 Å². The van der Waals surface area contributed by atoms with Gasteiger partial charge in [-0.2, -0.15) is 13.2 Å². The highest BCUT2D eigenvalue weighted by atomic mass is 19.4. The fourth-order valence-corrected chi connectivity index (χ4v) is 2.54. The summed E-state index contributed by atoms with van der Waals surface area (Å²) in [6.45, 7) is 1.64. The minimum absolute atomic E-state index is 0.0299. The number of halogens is 3. The van der Waals surface area contributed by atoms with E-state index in [-0.39, 0.29) is 24.5 Å². The molecule has 0 aliphatic carbocycles. The van der Waals surface area contributed by atoms with E-state index >= 15 is 0 Å². The first-order chi connectivity index (χ1) is 13.4. The van der Waals surface area contributed by atoms with Gasteiger partial charge in [0.1, 0.15) is 12.4 Å². The zero-order valence-electron chi connectivity index (χ0n) is 14.8. The minimum Gasteiger partial charge on any atom is -0.489 e. The molecule has 28 heavy (non-hydrogen) atoms. The van der Waals surface area contributed by atoms with Gasteiger partial charge in [-0.25, -0.2) is 4.79 Å². The SMILES string of the molecule is CCOC(=O)c1cc(-c2cccc(OCc3ccccc3C(F)(F)F)c2)on1. The van der Waals surface area contributed by atoms with Gasteiger partial charge in [0.15, 0.2) is 11.5 Å². The first-order valence-corrected chi connectivity index (χ1v) is 8.40. The van der Waals surface area contributed by atoms with Gasteiger partial charge in [0.05, 0.1) is 12.2 Å². The molecular weight excluding hydrogens is 375 g/mol. The highest BCUT2D eigenvalue weighted by Gasteiger charge is 2.33. The molecule has 1 aromatic heterocycles. The van der Waals surface area contributed by atoms with Crippen molar-refractivity contribution in [1.82, 2.24) is 5.16 Å². The van der Waals surface area contributed by atoms with Crippen LogP contribution in [0.25, 0.3) is 11.3 Å². The van der Waals surface area contributed by atoms with Crippen LogP contribution in [0.1, 0.15) is 28.5 Å². The van der Waals surface area contributed by atoms with Crippen LogP contribution < -0.4 is 4.74 Å². The van der Waals surface area contributed by atoms with E-state index in [1.807, 2.05) is 0 Å². The molecule has 0 saturated carbocycles. The molecule has 0 aliphatic rings. The molecule has 0 fully saturated rings. The normalized spacial score (nSPS) is 11.3. The van der Waals surface area contributed by atoms with E-state index in [1.165, 1.54) is 24.3 Å². The van der Waals surface area contributed by atoms with Gasteiger partial charge in [0.25, 0.3) is 0 Å². The van der Waals surface area contributed by atoms with Gasteiger partial charge in [-0.3, -0.25) is 0 Å². The predicted molar refractivity (Wildman–Crippen MR) is 93.7 cm³/mol. The molecule has 3 rings (SSSR count). The lowest BCUT2D eigenvalue weighted by molar-refractivity contribution is -0.138. The van der Waals surface area contributed by atoms with Crippen molar-refractivity contribution >= 4 is 5.97 Å². The summed E-state index contributed by atoms with van der Waals surface area (Å²) in [5, 5.41) is 3.66. The fourth-order valence-electron chi connectivity index (χ4n) is 2.54. The summed E-state index contributed by atoms with van der Waals surface area (Å²) in [6, 6.07) is 13.2. The molecule has 146 valence electrons. The van der Waals surface area contributed by atoms with Gasteiger partial charge < -0.3 is 14.0 Å². The van der Waals surface area contributed by atoms with Crippen LogP contribution in [0.3, 0.4) is 0 Å². The molecule has 0 spiro atoms. The average molecular weight is 391 g/mol. The average Bonchev–Trinajstić information content (AvgIpc) is 3.17. The Hall–Kier alpha value is -3.29. The van der Waals surface area contributed by atoms with Gasteiger partial charge in [-0.1, -0.05) is 35.5 Å². The lowest BCUT2D eigenvalue weighted by Gasteiger charge is -2.13. The van der Waals surface area contributed by atoms with Crippen LogP contribution in [0.4, 0.5) is 13.2 Å². The van der Waals surface area contributed by atoms with Gasteiger partial charge in [-0.05, 0) is 25.1 Å². The van der Waals surface area contributed by atoms with Crippen molar-refractivity contribution in [2.24, 2.45) is 0 Å². The number of rotatable bonds is 6. The van der Waals surface area contributed by atoms with Crippen LogP contribution in [0, 0.1) is 0 Å². The molecule has 5 nitrogen and oxygen atoms in total. The molecular formula is C20H16F3NO4. The monoisotopic (exact) mass is 391 g/mol. The number of carbonyl (C=O) groups is 1. The molecule has 0 bridgehead atoms. The maximum Gasteiger partial charge on any atom is 0.416 e. The maximum absolute atomic E-state index is 13.1. The van der Waals surface area contributed by atoms with Crippen molar-refractivity contribution in [2.75, 3.05) is 6.61 Å². The molecule has 2 aromatic carbocycles. The Morgan fingerprint density at radius 1 is 1.11 bits per heavy atom. The summed E-state index contributed by atoms with van der Waals surface area (Å²) in [5.74, 6) is 0.0569. The lowest BCUT2D eigenvalue weighted by atomic mass is 10.1. The molecule has 3 aromatic rings. The first-order valence-electron chi connectivity index (χ1n) is 8.40. The third-order valence-electron chi connectivity index (χ3n) is 3.83. The summed E-state index contributed by atoms with van der Waals surface area (Å²) in [5.41, 5.74) is -0.114. The van der Waals surface area contributed by atoms with Crippen molar-refractivity contribution in [3.63, 3.8) is 0 Å². The first kappa shape index (κ1) is 19.5. The molecule has 0 atom stereocenters. The van der Waals surface area contributed by atoms with Crippen molar-refractivity contribution in [3.05, 3.63) is 71.4 Å². The Morgan fingerprint density at radius 2 is 1.89 bits per heavy atom. The summed E-state index contributed by atoms with van der Waals surface area (Å²) in [6.07, 6.45) is -4.45. The van der Waals surface area contributed by atoms with E-state index in [0.29, 0.717) is 17.1 Å². The van der Waals surface area contributed by atoms with Crippen molar-refractivity contribution < 1.29 is 32.0 Å². The highest BCUT2D eigenvalue weighted by Crippen LogP contribution is 2.32. The Kier molecular flexibility index (Phi) is 5.67. The van der Waals surface area contributed by atoms with Crippen molar-refractivity contribution in [2.45, 2.75) is 19.7 Å². The zero-order chi connectivity index (χ0) is 20.1. The third-order valence-corrected chi connectivity index (χ3v) is 3.83. The molecule has 0 aliphatic heterocycles. The summed E-state index contributed by atoms with van der Waals surface area (Å²) >= 11 is 0.